The molecule has 1 fully saturated rings. The van der Waals surface area contributed by atoms with Crippen molar-refractivity contribution in [3.63, 3.8) is 0 Å². The standard InChI is InChI=1S/C17H20ClN5O3/c1-12-3-2-4-14(18)16(12)21-15(24)10-19-13-9-20-23(11-13)6-5-22-7-8-26-17(22)25/h2-4,9,11,19H,5-8,10H2,1H3,(H,21,24). The Hall–Kier alpha value is -2.74. The zero-order valence-electron chi connectivity index (χ0n) is 14.4. The minimum atomic E-state index is -0.290. The maximum Gasteiger partial charge on any atom is 0.410 e. The van der Waals surface area contributed by atoms with Crippen molar-refractivity contribution in [2.24, 2.45) is 0 Å². The largest absolute Gasteiger partial charge is 0.448 e. The van der Waals surface area contributed by atoms with E-state index in [-0.39, 0.29) is 18.5 Å². The molecule has 0 unspecified atom stereocenters. The van der Waals surface area contributed by atoms with Crippen LogP contribution in [0.2, 0.25) is 5.02 Å². The van der Waals surface area contributed by atoms with Gasteiger partial charge in [0.15, 0.2) is 0 Å². The quantitative estimate of drug-likeness (QED) is 0.773. The Labute approximate surface area is 156 Å². The van der Waals surface area contributed by atoms with E-state index in [1.54, 1.807) is 28.0 Å². The Kier molecular flexibility index (Phi) is 5.62. The fraction of sp³-hybridized carbons (Fsp3) is 0.353. The molecular formula is C17H20ClN5O3. The summed E-state index contributed by atoms with van der Waals surface area (Å²) < 4.78 is 6.59. The first-order chi connectivity index (χ1) is 12.5. The summed E-state index contributed by atoms with van der Waals surface area (Å²) in [6, 6.07) is 5.45. The number of aryl methyl sites for hydroxylation is 1. The number of nitrogens with one attached hydrogen (secondary N) is 2. The number of nitrogens with zero attached hydrogens (tertiary/aromatic N) is 3. The fourth-order valence-electron chi connectivity index (χ4n) is 2.59. The number of hydrogen-bond donors (Lipinski definition) is 2. The summed E-state index contributed by atoms with van der Waals surface area (Å²) in [5, 5.41) is 10.5. The van der Waals surface area contributed by atoms with Crippen LogP contribution in [0.4, 0.5) is 16.2 Å². The van der Waals surface area contributed by atoms with Crippen molar-refractivity contribution in [3.8, 4) is 0 Å². The van der Waals surface area contributed by atoms with Gasteiger partial charge in [0.25, 0.3) is 0 Å². The molecule has 0 aliphatic carbocycles. The van der Waals surface area contributed by atoms with E-state index in [2.05, 4.69) is 15.7 Å². The summed E-state index contributed by atoms with van der Waals surface area (Å²) in [5.74, 6) is -0.200. The third kappa shape index (κ3) is 4.45. The van der Waals surface area contributed by atoms with Crippen molar-refractivity contribution in [1.82, 2.24) is 14.7 Å². The van der Waals surface area contributed by atoms with Gasteiger partial charge in [0, 0.05) is 12.7 Å². The molecule has 1 aliphatic heterocycles. The van der Waals surface area contributed by atoms with E-state index in [0.717, 1.165) is 11.3 Å². The Balaban J connectivity index is 1.47. The van der Waals surface area contributed by atoms with E-state index in [4.69, 9.17) is 16.3 Å². The van der Waals surface area contributed by atoms with Crippen LogP contribution in [0.15, 0.2) is 30.6 Å². The summed E-state index contributed by atoms with van der Waals surface area (Å²) in [7, 11) is 0. The number of ether oxygens (including phenoxy) is 1. The van der Waals surface area contributed by atoms with Crippen LogP contribution in [0.3, 0.4) is 0 Å². The normalized spacial score (nSPS) is 13.6. The van der Waals surface area contributed by atoms with Gasteiger partial charge < -0.3 is 20.3 Å². The molecule has 0 saturated carbocycles. The topological polar surface area (TPSA) is 88.5 Å². The summed E-state index contributed by atoms with van der Waals surface area (Å²) >= 11 is 6.11. The van der Waals surface area contributed by atoms with Crippen molar-refractivity contribution in [2.45, 2.75) is 13.5 Å². The van der Waals surface area contributed by atoms with Gasteiger partial charge in [-0.1, -0.05) is 23.7 Å². The molecule has 3 rings (SSSR count). The maximum atomic E-state index is 12.1. The van der Waals surface area contributed by atoms with Gasteiger partial charge >= 0.3 is 6.09 Å². The molecule has 0 bridgehead atoms. The highest BCUT2D eigenvalue weighted by Crippen LogP contribution is 2.25. The van der Waals surface area contributed by atoms with Crippen molar-refractivity contribution in [1.29, 1.82) is 0 Å². The Morgan fingerprint density at radius 1 is 1.38 bits per heavy atom. The van der Waals surface area contributed by atoms with E-state index >= 15 is 0 Å². The number of cyclic esters (lactones) is 1. The van der Waals surface area contributed by atoms with E-state index in [1.807, 2.05) is 19.1 Å². The maximum absolute atomic E-state index is 12.1. The number of carbonyl (C=O) groups is 2. The second kappa shape index (κ2) is 8.09. The molecule has 0 spiro atoms. The number of amides is 2. The van der Waals surface area contributed by atoms with Crippen molar-refractivity contribution >= 4 is 35.0 Å². The second-order valence-electron chi connectivity index (χ2n) is 5.93. The van der Waals surface area contributed by atoms with Crippen LogP contribution >= 0.6 is 11.6 Å². The Morgan fingerprint density at radius 2 is 2.23 bits per heavy atom. The minimum absolute atomic E-state index is 0.0921. The van der Waals surface area contributed by atoms with Crippen LogP contribution in [0.5, 0.6) is 0 Å². The lowest BCUT2D eigenvalue weighted by molar-refractivity contribution is -0.114. The van der Waals surface area contributed by atoms with Crippen LogP contribution in [0, 0.1) is 6.92 Å². The molecule has 2 N–H and O–H groups in total. The van der Waals surface area contributed by atoms with Gasteiger partial charge in [-0.15, -0.1) is 0 Å². The number of hydrogen-bond acceptors (Lipinski definition) is 5. The average Bonchev–Trinajstić information content (AvgIpc) is 3.23. The molecule has 1 aromatic carbocycles. The molecule has 1 saturated heterocycles. The Morgan fingerprint density at radius 3 is 2.96 bits per heavy atom. The number of para-hydroxylation sites is 1. The van der Waals surface area contributed by atoms with E-state index in [0.29, 0.717) is 37.0 Å². The highest BCUT2D eigenvalue weighted by atomic mass is 35.5. The molecule has 1 aromatic heterocycles. The van der Waals surface area contributed by atoms with Gasteiger partial charge in [0.05, 0.1) is 42.2 Å². The third-order valence-electron chi connectivity index (χ3n) is 4.02. The molecule has 1 aliphatic rings. The fourth-order valence-corrected chi connectivity index (χ4v) is 2.85. The molecule has 9 heteroatoms. The summed E-state index contributed by atoms with van der Waals surface area (Å²) in [6.07, 6.45) is 3.13. The number of carbonyl (C=O) groups excluding carboxylic acids is 2. The number of aromatic nitrogens is 2. The van der Waals surface area contributed by atoms with Crippen molar-refractivity contribution < 1.29 is 14.3 Å². The van der Waals surface area contributed by atoms with Crippen molar-refractivity contribution in [3.05, 3.63) is 41.2 Å². The number of rotatable bonds is 7. The highest BCUT2D eigenvalue weighted by molar-refractivity contribution is 6.34. The first-order valence-electron chi connectivity index (χ1n) is 8.26. The molecular weight excluding hydrogens is 358 g/mol. The minimum Gasteiger partial charge on any atom is -0.448 e. The molecule has 2 amide bonds. The summed E-state index contributed by atoms with van der Waals surface area (Å²) in [5.41, 5.74) is 2.24. The highest BCUT2D eigenvalue weighted by Gasteiger charge is 2.21. The summed E-state index contributed by atoms with van der Waals surface area (Å²) in [6.45, 7) is 4.11. The molecule has 0 atom stereocenters. The Bertz CT molecular complexity index is 787. The number of anilines is 2. The van der Waals surface area contributed by atoms with Gasteiger partial charge in [-0.3, -0.25) is 9.48 Å². The zero-order chi connectivity index (χ0) is 18.5. The molecule has 26 heavy (non-hydrogen) atoms. The molecule has 138 valence electrons. The molecule has 0 radical (unpaired) electrons. The first kappa shape index (κ1) is 18.1. The van der Waals surface area contributed by atoms with Gasteiger partial charge in [0.2, 0.25) is 5.91 Å². The van der Waals surface area contributed by atoms with Crippen LogP contribution < -0.4 is 10.6 Å². The third-order valence-corrected chi connectivity index (χ3v) is 4.33. The van der Waals surface area contributed by atoms with Gasteiger partial charge in [-0.25, -0.2) is 4.79 Å². The number of benzene rings is 1. The predicted molar refractivity (Wildman–Crippen MR) is 98.5 cm³/mol. The van der Waals surface area contributed by atoms with Gasteiger partial charge in [0.1, 0.15) is 6.61 Å². The monoisotopic (exact) mass is 377 g/mol. The van der Waals surface area contributed by atoms with Gasteiger partial charge in [-0.2, -0.15) is 5.10 Å². The smallest absolute Gasteiger partial charge is 0.410 e. The average molecular weight is 378 g/mol. The predicted octanol–water partition coefficient (Wildman–Crippen LogP) is 2.35. The van der Waals surface area contributed by atoms with Crippen LogP contribution in [-0.4, -0.2) is 52.9 Å². The molecule has 2 heterocycles. The molecule has 8 nitrogen and oxygen atoms in total. The first-order valence-corrected chi connectivity index (χ1v) is 8.64. The van der Waals surface area contributed by atoms with Crippen LogP contribution in [0.1, 0.15) is 5.56 Å². The van der Waals surface area contributed by atoms with Crippen LogP contribution in [0.25, 0.3) is 0 Å². The summed E-state index contributed by atoms with van der Waals surface area (Å²) in [4.78, 5) is 25.1. The SMILES string of the molecule is Cc1cccc(Cl)c1NC(=O)CNc1cnn(CCN2CCOC2=O)c1. The lowest BCUT2D eigenvalue weighted by atomic mass is 10.2. The van der Waals surface area contributed by atoms with Crippen LogP contribution in [-0.2, 0) is 16.1 Å². The number of halogens is 1. The second-order valence-corrected chi connectivity index (χ2v) is 6.33. The lowest BCUT2D eigenvalue weighted by Gasteiger charge is -2.12. The molecule has 2 aromatic rings. The van der Waals surface area contributed by atoms with E-state index in [1.165, 1.54) is 0 Å². The van der Waals surface area contributed by atoms with Crippen molar-refractivity contribution in [2.75, 3.05) is 36.9 Å². The van der Waals surface area contributed by atoms with E-state index < -0.39 is 0 Å². The zero-order valence-corrected chi connectivity index (χ0v) is 15.1. The van der Waals surface area contributed by atoms with Gasteiger partial charge in [-0.05, 0) is 18.6 Å². The van der Waals surface area contributed by atoms with E-state index in [9.17, 15) is 9.59 Å². The lowest BCUT2D eigenvalue weighted by Crippen LogP contribution is -2.28.